The molecule has 0 fully saturated rings. The summed E-state index contributed by atoms with van der Waals surface area (Å²) in [5.41, 5.74) is 11.8. The van der Waals surface area contributed by atoms with Crippen LogP contribution in [-0.2, 0) is 0 Å². The molecule has 0 radical (unpaired) electrons. The minimum atomic E-state index is -0.739. The van der Waals surface area contributed by atoms with Gasteiger partial charge in [-0.25, -0.2) is 0 Å². The van der Waals surface area contributed by atoms with Crippen molar-refractivity contribution < 1.29 is 24.5 Å². The number of ether oxygens (including phenoxy) is 1. The zero-order valence-corrected chi connectivity index (χ0v) is 16.6. The highest BCUT2D eigenvalue weighted by Gasteiger charge is 2.39. The van der Waals surface area contributed by atoms with Gasteiger partial charge < -0.3 is 26.4 Å². The second kappa shape index (κ2) is 6.96. The second-order valence-electron chi connectivity index (χ2n) is 6.77. The molecule has 3 aromatic rings. The first-order valence-electron chi connectivity index (χ1n) is 9.05. The SMILES string of the molecule is CCOc1ccc(-c2cc(N)c3c(c2O)C(=O)c2c(N)cc(Cl)c(O)c2C3=O)cc1. The third-order valence-corrected chi connectivity index (χ3v) is 5.29. The Bertz CT molecular complexity index is 1240. The Kier molecular flexibility index (Phi) is 4.55. The van der Waals surface area contributed by atoms with Crippen LogP contribution in [-0.4, -0.2) is 28.4 Å². The molecule has 0 aromatic heterocycles. The van der Waals surface area contributed by atoms with Gasteiger partial charge in [-0.1, -0.05) is 23.7 Å². The third-order valence-electron chi connectivity index (χ3n) is 5.00. The summed E-state index contributed by atoms with van der Waals surface area (Å²) in [6.45, 7) is 2.37. The van der Waals surface area contributed by atoms with Gasteiger partial charge in [0, 0.05) is 16.9 Å². The highest BCUT2D eigenvalue weighted by atomic mass is 35.5. The molecule has 30 heavy (non-hydrogen) atoms. The van der Waals surface area contributed by atoms with E-state index < -0.39 is 23.1 Å². The summed E-state index contributed by atoms with van der Waals surface area (Å²) in [4.78, 5) is 26.3. The summed E-state index contributed by atoms with van der Waals surface area (Å²) < 4.78 is 5.41. The number of phenolic OH excluding ortho intramolecular Hbond substituents is 2. The largest absolute Gasteiger partial charge is 0.506 e. The summed E-state index contributed by atoms with van der Waals surface area (Å²) in [5, 5.41) is 21.0. The molecule has 3 aromatic carbocycles. The van der Waals surface area contributed by atoms with Crippen LogP contribution >= 0.6 is 11.6 Å². The number of benzene rings is 3. The van der Waals surface area contributed by atoms with Crippen molar-refractivity contribution in [3.8, 4) is 28.4 Å². The molecule has 8 heteroatoms. The number of carbonyl (C=O) groups excluding carboxylic acids is 2. The highest BCUT2D eigenvalue weighted by Crippen LogP contribution is 2.46. The molecule has 0 spiro atoms. The van der Waals surface area contributed by atoms with Gasteiger partial charge in [0.25, 0.3) is 0 Å². The molecular formula is C22H17ClN2O5. The molecule has 1 aliphatic rings. The first-order chi connectivity index (χ1) is 14.3. The smallest absolute Gasteiger partial charge is 0.200 e. The normalized spacial score (nSPS) is 12.5. The molecule has 1 aliphatic carbocycles. The number of ketones is 2. The van der Waals surface area contributed by atoms with E-state index in [0.29, 0.717) is 17.9 Å². The van der Waals surface area contributed by atoms with Crippen LogP contribution in [0.5, 0.6) is 17.2 Å². The minimum Gasteiger partial charge on any atom is -0.506 e. The number of aromatic hydroxyl groups is 2. The number of carbonyl (C=O) groups is 2. The predicted molar refractivity (Wildman–Crippen MR) is 114 cm³/mol. The van der Waals surface area contributed by atoms with Gasteiger partial charge in [0.1, 0.15) is 17.2 Å². The van der Waals surface area contributed by atoms with E-state index in [9.17, 15) is 19.8 Å². The van der Waals surface area contributed by atoms with Crippen molar-refractivity contribution in [2.24, 2.45) is 0 Å². The van der Waals surface area contributed by atoms with Crippen LogP contribution in [0.2, 0.25) is 5.02 Å². The van der Waals surface area contributed by atoms with Crippen molar-refractivity contribution in [2.75, 3.05) is 18.1 Å². The molecule has 0 unspecified atom stereocenters. The fourth-order valence-corrected chi connectivity index (χ4v) is 3.86. The fraction of sp³-hybridized carbons (Fsp3) is 0.0909. The molecule has 4 rings (SSSR count). The average Bonchev–Trinajstić information content (AvgIpc) is 2.71. The number of rotatable bonds is 3. The van der Waals surface area contributed by atoms with Crippen molar-refractivity contribution in [1.82, 2.24) is 0 Å². The van der Waals surface area contributed by atoms with Crippen LogP contribution in [0.1, 0.15) is 38.8 Å². The zero-order valence-electron chi connectivity index (χ0n) is 15.8. The fourth-order valence-electron chi connectivity index (χ4n) is 3.65. The van der Waals surface area contributed by atoms with Crippen LogP contribution < -0.4 is 16.2 Å². The summed E-state index contributed by atoms with van der Waals surface area (Å²) in [5.74, 6) is -1.77. The van der Waals surface area contributed by atoms with Crippen LogP contribution in [0.4, 0.5) is 11.4 Å². The maximum Gasteiger partial charge on any atom is 0.200 e. The number of hydrogen-bond acceptors (Lipinski definition) is 7. The number of anilines is 2. The molecule has 7 nitrogen and oxygen atoms in total. The first-order valence-corrected chi connectivity index (χ1v) is 9.43. The van der Waals surface area contributed by atoms with E-state index in [-0.39, 0.29) is 44.2 Å². The van der Waals surface area contributed by atoms with Crippen molar-refractivity contribution in [3.05, 3.63) is 63.7 Å². The molecule has 152 valence electrons. The van der Waals surface area contributed by atoms with Gasteiger partial charge >= 0.3 is 0 Å². The zero-order chi connectivity index (χ0) is 21.7. The molecule has 6 N–H and O–H groups in total. The Morgan fingerprint density at radius 2 is 1.40 bits per heavy atom. The third kappa shape index (κ3) is 2.74. The van der Waals surface area contributed by atoms with Crippen LogP contribution in [0.3, 0.4) is 0 Å². The molecular weight excluding hydrogens is 408 g/mol. The molecule has 0 saturated carbocycles. The van der Waals surface area contributed by atoms with E-state index in [1.807, 2.05) is 6.92 Å². The van der Waals surface area contributed by atoms with Gasteiger partial charge in [-0.05, 0) is 36.8 Å². The number of hydrogen-bond donors (Lipinski definition) is 4. The van der Waals surface area contributed by atoms with Gasteiger partial charge in [-0.2, -0.15) is 0 Å². The predicted octanol–water partition coefficient (Wildman–Crippen LogP) is 3.76. The Morgan fingerprint density at radius 3 is 1.97 bits per heavy atom. The van der Waals surface area contributed by atoms with E-state index >= 15 is 0 Å². The van der Waals surface area contributed by atoms with Gasteiger partial charge in [0.05, 0.1) is 33.9 Å². The van der Waals surface area contributed by atoms with Crippen LogP contribution in [0.15, 0.2) is 36.4 Å². The van der Waals surface area contributed by atoms with Crippen molar-refractivity contribution in [3.63, 3.8) is 0 Å². The van der Waals surface area contributed by atoms with Gasteiger partial charge in [0.15, 0.2) is 0 Å². The topological polar surface area (TPSA) is 136 Å². The lowest BCUT2D eigenvalue weighted by atomic mass is 9.80. The number of halogens is 1. The molecule has 0 bridgehead atoms. The van der Waals surface area contributed by atoms with E-state index in [0.717, 1.165) is 0 Å². The molecule has 0 saturated heterocycles. The van der Waals surface area contributed by atoms with Crippen molar-refractivity contribution in [1.29, 1.82) is 0 Å². The van der Waals surface area contributed by atoms with Gasteiger partial charge in [-0.15, -0.1) is 0 Å². The minimum absolute atomic E-state index is 0.0198. The van der Waals surface area contributed by atoms with Gasteiger partial charge in [0.2, 0.25) is 11.6 Å². The molecule has 0 amide bonds. The maximum absolute atomic E-state index is 13.2. The Hall–Kier alpha value is -3.71. The monoisotopic (exact) mass is 424 g/mol. The number of nitrogens with two attached hydrogens (primary N) is 2. The van der Waals surface area contributed by atoms with Crippen molar-refractivity contribution in [2.45, 2.75) is 6.92 Å². The summed E-state index contributed by atoms with van der Waals surface area (Å²) in [6.07, 6.45) is 0. The lowest BCUT2D eigenvalue weighted by Crippen LogP contribution is -2.24. The van der Waals surface area contributed by atoms with Crippen LogP contribution in [0, 0.1) is 0 Å². The summed E-state index contributed by atoms with van der Waals surface area (Å²) in [7, 11) is 0. The van der Waals surface area contributed by atoms with E-state index in [1.165, 1.54) is 12.1 Å². The van der Waals surface area contributed by atoms with E-state index in [1.54, 1.807) is 24.3 Å². The lowest BCUT2D eigenvalue weighted by Gasteiger charge is -2.23. The quantitative estimate of drug-likeness (QED) is 0.290. The van der Waals surface area contributed by atoms with Crippen LogP contribution in [0.25, 0.3) is 11.1 Å². The highest BCUT2D eigenvalue weighted by molar-refractivity contribution is 6.38. The summed E-state index contributed by atoms with van der Waals surface area (Å²) in [6, 6.07) is 9.43. The Balaban J connectivity index is 1.95. The van der Waals surface area contributed by atoms with Crippen molar-refractivity contribution >= 4 is 34.5 Å². The second-order valence-corrected chi connectivity index (χ2v) is 7.18. The Labute approximate surface area is 176 Å². The molecule has 0 atom stereocenters. The maximum atomic E-state index is 13.2. The first kappa shape index (κ1) is 19.6. The van der Waals surface area contributed by atoms with Gasteiger partial charge in [-0.3, -0.25) is 9.59 Å². The van der Waals surface area contributed by atoms with E-state index in [4.69, 9.17) is 27.8 Å². The summed E-state index contributed by atoms with van der Waals surface area (Å²) >= 11 is 5.92. The molecule has 0 heterocycles. The average molecular weight is 425 g/mol. The number of fused-ring (bicyclic) bond motifs is 2. The Morgan fingerprint density at radius 1 is 0.867 bits per heavy atom. The standard InChI is InChI=1S/C22H17ClN2O5/c1-2-30-10-5-3-9(4-6-10)11-7-13(24)15-17(19(11)26)21(28)16-14(25)8-12(23)20(27)18(16)22(15)29/h3-8,26-27H,2,24-25H2,1H3. The number of nitrogen functional groups attached to an aromatic ring is 2. The molecule has 0 aliphatic heterocycles. The number of phenols is 2. The lowest BCUT2D eigenvalue weighted by molar-refractivity contribution is 0.0975. The van der Waals surface area contributed by atoms with E-state index in [2.05, 4.69) is 0 Å².